The Morgan fingerprint density at radius 2 is 1.50 bits per heavy atom. The van der Waals surface area contributed by atoms with Crippen LogP contribution < -0.4 is 5.32 Å². The van der Waals surface area contributed by atoms with E-state index in [-0.39, 0.29) is 6.04 Å². The van der Waals surface area contributed by atoms with Gasteiger partial charge in [0.05, 0.1) is 11.7 Å². The van der Waals surface area contributed by atoms with E-state index in [0.717, 1.165) is 22.6 Å². The number of rotatable bonds is 2. The monoisotopic (exact) mass is 284 g/mol. The lowest BCUT2D eigenvalue weighted by atomic mass is 10.0. The Bertz CT molecular complexity index is 808. The third-order valence-electron chi connectivity index (χ3n) is 3.92. The van der Waals surface area contributed by atoms with Gasteiger partial charge in [0.25, 0.3) is 0 Å². The standard InChI is InChI=1S/C20H16N2/c1-3-7-15(8-4-1)18-13-11-17-12-14-19(22-20(17)21-18)16-9-5-2-6-10-16/h1-14,18H,(H,21,22)/t18-/m1/s1. The van der Waals surface area contributed by atoms with Crippen LogP contribution in [-0.4, -0.2) is 4.98 Å². The number of hydrogen-bond acceptors (Lipinski definition) is 2. The summed E-state index contributed by atoms with van der Waals surface area (Å²) in [5.74, 6) is 0.942. The van der Waals surface area contributed by atoms with E-state index in [2.05, 4.69) is 66.0 Å². The molecule has 0 unspecified atom stereocenters. The minimum absolute atomic E-state index is 0.173. The second kappa shape index (κ2) is 5.49. The molecule has 2 heteroatoms. The molecule has 4 rings (SSSR count). The number of aromatic nitrogens is 1. The molecular weight excluding hydrogens is 268 g/mol. The number of fused-ring (bicyclic) bond motifs is 1. The van der Waals surface area contributed by atoms with Crippen molar-refractivity contribution in [2.75, 3.05) is 5.32 Å². The van der Waals surface area contributed by atoms with Gasteiger partial charge in [0.2, 0.25) is 0 Å². The third-order valence-corrected chi connectivity index (χ3v) is 3.92. The van der Waals surface area contributed by atoms with Gasteiger partial charge in [-0.05, 0) is 17.7 Å². The van der Waals surface area contributed by atoms with Crippen molar-refractivity contribution < 1.29 is 0 Å². The average Bonchev–Trinajstić information content (AvgIpc) is 2.62. The molecule has 22 heavy (non-hydrogen) atoms. The van der Waals surface area contributed by atoms with E-state index >= 15 is 0 Å². The maximum atomic E-state index is 4.80. The first-order chi connectivity index (χ1) is 10.9. The van der Waals surface area contributed by atoms with Crippen LogP contribution in [0, 0.1) is 0 Å². The zero-order valence-electron chi connectivity index (χ0n) is 12.1. The Morgan fingerprint density at radius 1 is 0.773 bits per heavy atom. The van der Waals surface area contributed by atoms with E-state index in [4.69, 9.17) is 4.98 Å². The molecular formula is C20H16N2. The molecule has 1 N–H and O–H groups in total. The number of nitrogens with zero attached hydrogens (tertiary/aromatic N) is 1. The normalized spacial score (nSPS) is 15.9. The van der Waals surface area contributed by atoms with Crippen molar-refractivity contribution in [1.29, 1.82) is 0 Å². The van der Waals surface area contributed by atoms with Crippen LogP contribution >= 0.6 is 0 Å². The first-order valence-electron chi connectivity index (χ1n) is 7.46. The first-order valence-corrected chi connectivity index (χ1v) is 7.46. The van der Waals surface area contributed by atoms with Gasteiger partial charge >= 0.3 is 0 Å². The topological polar surface area (TPSA) is 24.9 Å². The van der Waals surface area contributed by atoms with E-state index in [1.165, 1.54) is 5.56 Å². The summed E-state index contributed by atoms with van der Waals surface area (Å²) in [5, 5.41) is 3.53. The van der Waals surface area contributed by atoms with Gasteiger partial charge in [0.1, 0.15) is 5.82 Å². The van der Waals surface area contributed by atoms with Crippen molar-refractivity contribution in [2.45, 2.75) is 6.04 Å². The van der Waals surface area contributed by atoms with Crippen molar-refractivity contribution in [3.05, 3.63) is 90.0 Å². The van der Waals surface area contributed by atoms with Crippen LogP contribution in [0.3, 0.4) is 0 Å². The predicted octanol–water partition coefficient (Wildman–Crippen LogP) is 4.93. The fourth-order valence-corrected chi connectivity index (χ4v) is 2.74. The van der Waals surface area contributed by atoms with Gasteiger partial charge in [0, 0.05) is 11.1 Å². The smallest absolute Gasteiger partial charge is 0.134 e. The number of hydrogen-bond donors (Lipinski definition) is 1. The molecule has 1 aliphatic heterocycles. The number of anilines is 1. The summed E-state index contributed by atoms with van der Waals surface area (Å²) in [6, 6.07) is 25.1. The lowest BCUT2D eigenvalue weighted by Gasteiger charge is -2.22. The quantitative estimate of drug-likeness (QED) is 0.722. The summed E-state index contributed by atoms with van der Waals surface area (Å²) >= 11 is 0. The molecule has 2 nitrogen and oxygen atoms in total. The summed E-state index contributed by atoms with van der Waals surface area (Å²) in [7, 11) is 0. The molecule has 0 aliphatic carbocycles. The van der Waals surface area contributed by atoms with Crippen molar-refractivity contribution in [3.8, 4) is 11.3 Å². The molecule has 1 aliphatic rings. The predicted molar refractivity (Wildman–Crippen MR) is 91.5 cm³/mol. The van der Waals surface area contributed by atoms with Crippen molar-refractivity contribution in [1.82, 2.24) is 4.98 Å². The van der Waals surface area contributed by atoms with Crippen molar-refractivity contribution in [2.24, 2.45) is 0 Å². The Balaban J connectivity index is 1.69. The molecule has 0 saturated carbocycles. The molecule has 2 heterocycles. The lowest BCUT2D eigenvalue weighted by molar-refractivity contribution is 0.961. The largest absolute Gasteiger partial charge is 0.359 e. The molecule has 106 valence electrons. The molecule has 0 fully saturated rings. The summed E-state index contributed by atoms with van der Waals surface area (Å²) in [5.41, 5.74) is 4.51. The van der Waals surface area contributed by atoms with Crippen LogP contribution in [-0.2, 0) is 0 Å². The molecule has 1 aromatic heterocycles. The van der Waals surface area contributed by atoms with Crippen LogP contribution in [0.4, 0.5) is 5.82 Å². The summed E-state index contributed by atoms with van der Waals surface area (Å²) in [4.78, 5) is 4.80. The second-order valence-corrected chi connectivity index (χ2v) is 5.39. The van der Waals surface area contributed by atoms with Gasteiger partial charge < -0.3 is 5.32 Å². The van der Waals surface area contributed by atoms with Crippen LogP contribution in [0.5, 0.6) is 0 Å². The van der Waals surface area contributed by atoms with Gasteiger partial charge in [-0.1, -0.05) is 72.8 Å². The molecule has 0 bridgehead atoms. The summed E-state index contributed by atoms with van der Waals surface area (Å²) in [6.07, 6.45) is 4.33. The van der Waals surface area contributed by atoms with E-state index in [1.807, 2.05) is 24.3 Å². The van der Waals surface area contributed by atoms with Gasteiger partial charge in [-0.25, -0.2) is 4.98 Å². The highest BCUT2D eigenvalue weighted by molar-refractivity contribution is 5.72. The number of pyridine rings is 1. The molecule has 2 aromatic carbocycles. The molecule has 3 aromatic rings. The zero-order valence-corrected chi connectivity index (χ0v) is 12.1. The Hall–Kier alpha value is -2.87. The van der Waals surface area contributed by atoms with E-state index < -0.39 is 0 Å². The molecule has 0 spiro atoms. The average molecular weight is 284 g/mol. The second-order valence-electron chi connectivity index (χ2n) is 5.39. The van der Waals surface area contributed by atoms with Crippen LogP contribution in [0.15, 0.2) is 78.9 Å². The summed E-state index contributed by atoms with van der Waals surface area (Å²) in [6.45, 7) is 0. The minimum atomic E-state index is 0.173. The Kier molecular flexibility index (Phi) is 3.20. The van der Waals surface area contributed by atoms with Crippen molar-refractivity contribution >= 4 is 11.9 Å². The Morgan fingerprint density at radius 3 is 2.27 bits per heavy atom. The maximum Gasteiger partial charge on any atom is 0.134 e. The fourth-order valence-electron chi connectivity index (χ4n) is 2.74. The SMILES string of the molecule is C1=C[C@H](c2ccccc2)Nc2nc(-c3ccccc3)ccc21. The number of benzene rings is 2. The molecule has 1 atom stereocenters. The first kappa shape index (κ1) is 12.8. The fraction of sp³-hybridized carbons (Fsp3) is 0.0500. The van der Waals surface area contributed by atoms with Gasteiger partial charge in [-0.2, -0.15) is 0 Å². The highest BCUT2D eigenvalue weighted by atomic mass is 15.0. The molecule has 0 radical (unpaired) electrons. The highest BCUT2D eigenvalue weighted by Gasteiger charge is 2.15. The van der Waals surface area contributed by atoms with E-state index in [0.29, 0.717) is 0 Å². The molecule has 0 amide bonds. The highest BCUT2D eigenvalue weighted by Crippen LogP contribution is 2.30. The van der Waals surface area contributed by atoms with Crippen molar-refractivity contribution in [3.63, 3.8) is 0 Å². The number of nitrogens with one attached hydrogen (secondary N) is 1. The molecule has 0 saturated heterocycles. The van der Waals surface area contributed by atoms with Gasteiger partial charge in [-0.3, -0.25) is 0 Å². The van der Waals surface area contributed by atoms with Crippen LogP contribution in [0.25, 0.3) is 17.3 Å². The van der Waals surface area contributed by atoms with E-state index in [9.17, 15) is 0 Å². The van der Waals surface area contributed by atoms with Crippen LogP contribution in [0.1, 0.15) is 17.2 Å². The van der Waals surface area contributed by atoms with Crippen LogP contribution in [0.2, 0.25) is 0 Å². The summed E-state index contributed by atoms with van der Waals surface area (Å²) < 4.78 is 0. The Labute approximate surface area is 130 Å². The minimum Gasteiger partial charge on any atom is -0.359 e. The van der Waals surface area contributed by atoms with Gasteiger partial charge in [-0.15, -0.1) is 0 Å². The lowest BCUT2D eigenvalue weighted by Crippen LogP contribution is -2.13. The maximum absolute atomic E-state index is 4.80. The third kappa shape index (κ3) is 2.40. The van der Waals surface area contributed by atoms with Gasteiger partial charge in [0.15, 0.2) is 0 Å². The van der Waals surface area contributed by atoms with E-state index in [1.54, 1.807) is 0 Å². The zero-order chi connectivity index (χ0) is 14.8.